The second kappa shape index (κ2) is 5.24. The Bertz CT molecular complexity index is 299. The van der Waals surface area contributed by atoms with Crippen molar-refractivity contribution in [3.8, 4) is 0 Å². The Kier molecular flexibility index (Phi) is 4.54. The van der Waals surface area contributed by atoms with Crippen LogP contribution < -0.4 is 0 Å². The third-order valence-electron chi connectivity index (χ3n) is 1.78. The summed E-state index contributed by atoms with van der Waals surface area (Å²) in [6.07, 6.45) is -1.93. The zero-order chi connectivity index (χ0) is 10.7. The van der Waals surface area contributed by atoms with Crippen LogP contribution in [0.4, 0.5) is 0 Å². The van der Waals surface area contributed by atoms with E-state index >= 15 is 0 Å². The van der Waals surface area contributed by atoms with E-state index in [-0.39, 0.29) is 5.75 Å². The van der Waals surface area contributed by atoms with Crippen molar-refractivity contribution in [2.45, 2.75) is 12.2 Å². The molecule has 0 aliphatic carbocycles. The van der Waals surface area contributed by atoms with Crippen molar-refractivity contribution in [1.29, 1.82) is 0 Å². The van der Waals surface area contributed by atoms with E-state index in [2.05, 4.69) is 12.6 Å². The number of benzene rings is 1. The number of aliphatic hydroxyl groups excluding tert-OH is 2. The van der Waals surface area contributed by atoms with Crippen LogP contribution in [0.15, 0.2) is 18.2 Å². The van der Waals surface area contributed by atoms with Gasteiger partial charge >= 0.3 is 0 Å². The SMILES string of the molecule is OC(CS)C(O)c1cc(Cl)cc(Cl)c1. The van der Waals surface area contributed by atoms with Crippen molar-refractivity contribution in [3.63, 3.8) is 0 Å². The number of thiol groups is 1. The normalized spacial score (nSPS) is 15.2. The zero-order valence-corrected chi connectivity index (χ0v) is 9.60. The Balaban J connectivity index is 2.94. The highest BCUT2D eigenvalue weighted by molar-refractivity contribution is 7.80. The van der Waals surface area contributed by atoms with Gasteiger partial charge in [0.05, 0.1) is 6.10 Å². The second-order valence-corrected chi connectivity index (χ2v) is 4.14. The summed E-state index contributed by atoms with van der Waals surface area (Å²) in [6.45, 7) is 0. The first kappa shape index (κ1) is 12.1. The molecule has 0 aliphatic rings. The molecule has 1 aromatic rings. The topological polar surface area (TPSA) is 40.5 Å². The highest BCUT2D eigenvalue weighted by atomic mass is 35.5. The van der Waals surface area contributed by atoms with Gasteiger partial charge in [0.2, 0.25) is 0 Å². The van der Waals surface area contributed by atoms with Crippen LogP contribution in [0.1, 0.15) is 11.7 Å². The van der Waals surface area contributed by atoms with Gasteiger partial charge in [-0.15, -0.1) is 0 Å². The molecule has 0 saturated carbocycles. The number of hydrogen-bond donors (Lipinski definition) is 3. The predicted molar refractivity (Wildman–Crippen MR) is 61.3 cm³/mol. The van der Waals surface area contributed by atoms with Crippen LogP contribution in [0.25, 0.3) is 0 Å². The number of hydrogen-bond acceptors (Lipinski definition) is 3. The fourth-order valence-corrected chi connectivity index (χ4v) is 1.81. The van der Waals surface area contributed by atoms with E-state index in [0.29, 0.717) is 15.6 Å². The van der Waals surface area contributed by atoms with Gasteiger partial charge in [0.15, 0.2) is 0 Å². The number of aliphatic hydroxyl groups is 2. The van der Waals surface area contributed by atoms with E-state index in [0.717, 1.165) is 0 Å². The highest BCUT2D eigenvalue weighted by Gasteiger charge is 2.17. The fourth-order valence-electron chi connectivity index (χ4n) is 1.07. The Labute approximate surface area is 97.9 Å². The molecule has 0 aliphatic heterocycles. The van der Waals surface area contributed by atoms with Crippen molar-refractivity contribution in [2.75, 3.05) is 5.75 Å². The van der Waals surface area contributed by atoms with Crippen molar-refractivity contribution < 1.29 is 10.2 Å². The molecule has 2 nitrogen and oxygen atoms in total. The highest BCUT2D eigenvalue weighted by Crippen LogP contribution is 2.25. The Morgan fingerprint density at radius 1 is 1.14 bits per heavy atom. The van der Waals surface area contributed by atoms with Gasteiger partial charge in [-0.1, -0.05) is 23.2 Å². The monoisotopic (exact) mass is 252 g/mol. The summed E-state index contributed by atoms with van der Waals surface area (Å²) in [5.74, 6) is 0.172. The molecule has 0 saturated heterocycles. The summed E-state index contributed by atoms with van der Waals surface area (Å²) in [5, 5.41) is 19.8. The minimum absolute atomic E-state index is 0.172. The van der Waals surface area contributed by atoms with Crippen molar-refractivity contribution in [1.82, 2.24) is 0 Å². The molecule has 0 heterocycles. The minimum Gasteiger partial charge on any atom is -0.389 e. The van der Waals surface area contributed by atoms with Gasteiger partial charge in [-0.25, -0.2) is 0 Å². The summed E-state index contributed by atoms with van der Waals surface area (Å²) >= 11 is 15.4. The van der Waals surface area contributed by atoms with E-state index in [4.69, 9.17) is 23.2 Å². The zero-order valence-electron chi connectivity index (χ0n) is 7.19. The van der Waals surface area contributed by atoms with Gasteiger partial charge in [-0.2, -0.15) is 12.6 Å². The fraction of sp³-hybridized carbons (Fsp3) is 0.333. The maximum absolute atomic E-state index is 9.62. The molecule has 2 N–H and O–H groups in total. The molecule has 1 aromatic carbocycles. The van der Waals surface area contributed by atoms with Gasteiger partial charge in [0.25, 0.3) is 0 Å². The molecule has 0 bridgehead atoms. The van der Waals surface area contributed by atoms with E-state index in [1.807, 2.05) is 0 Å². The van der Waals surface area contributed by atoms with Crippen LogP contribution in [0.2, 0.25) is 10.0 Å². The van der Waals surface area contributed by atoms with Crippen LogP contribution in [0.5, 0.6) is 0 Å². The van der Waals surface area contributed by atoms with Crippen LogP contribution >= 0.6 is 35.8 Å². The third-order valence-corrected chi connectivity index (χ3v) is 2.59. The average molecular weight is 253 g/mol. The van der Waals surface area contributed by atoms with Crippen LogP contribution in [-0.2, 0) is 0 Å². The Hall–Kier alpha value is 0.0700. The molecule has 14 heavy (non-hydrogen) atoms. The molecule has 0 aromatic heterocycles. The lowest BCUT2D eigenvalue weighted by molar-refractivity contribution is 0.0338. The molecule has 78 valence electrons. The molecule has 0 spiro atoms. The summed E-state index contributed by atoms with van der Waals surface area (Å²) in [6, 6.07) is 4.68. The molecular weight excluding hydrogens is 243 g/mol. The van der Waals surface area contributed by atoms with Gasteiger partial charge in [-0.05, 0) is 23.8 Å². The molecule has 1 rings (SSSR count). The van der Waals surface area contributed by atoms with Crippen molar-refractivity contribution >= 4 is 35.8 Å². The number of rotatable bonds is 3. The molecular formula is C9H10Cl2O2S. The number of halogens is 2. The summed E-state index contributed by atoms with van der Waals surface area (Å²) in [7, 11) is 0. The Morgan fingerprint density at radius 3 is 2.07 bits per heavy atom. The largest absolute Gasteiger partial charge is 0.389 e. The Morgan fingerprint density at radius 2 is 1.64 bits per heavy atom. The molecule has 2 atom stereocenters. The van der Waals surface area contributed by atoms with Gasteiger partial charge < -0.3 is 10.2 Å². The van der Waals surface area contributed by atoms with Gasteiger partial charge in [0, 0.05) is 15.8 Å². The van der Waals surface area contributed by atoms with Gasteiger partial charge in [-0.3, -0.25) is 0 Å². The first-order chi connectivity index (χ1) is 6.54. The van der Waals surface area contributed by atoms with E-state index in [1.54, 1.807) is 18.2 Å². The molecule has 0 radical (unpaired) electrons. The average Bonchev–Trinajstić information content (AvgIpc) is 2.14. The molecule has 2 unspecified atom stereocenters. The minimum atomic E-state index is -1.01. The van der Waals surface area contributed by atoms with Crippen molar-refractivity contribution in [2.24, 2.45) is 0 Å². The first-order valence-electron chi connectivity index (χ1n) is 3.97. The quantitative estimate of drug-likeness (QED) is 0.723. The maximum atomic E-state index is 9.62. The lowest BCUT2D eigenvalue weighted by atomic mass is 10.1. The lowest BCUT2D eigenvalue weighted by Crippen LogP contribution is -2.19. The van der Waals surface area contributed by atoms with E-state index in [1.165, 1.54) is 0 Å². The second-order valence-electron chi connectivity index (χ2n) is 2.90. The van der Waals surface area contributed by atoms with Crippen molar-refractivity contribution in [3.05, 3.63) is 33.8 Å². The van der Waals surface area contributed by atoms with Crippen LogP contribution in [0, 0.1) is 0 Å². The van der Waals surface area contributed by atoms with Gasteiger partial charge in [0.1, 0.15) is 6.10 Å². The lowest BCUT2D eigenvalue weighted by Gasteiger charge is -2.16. The van der Waals surface area contributed by atoms with E-state index in [9.17, 15) is 10.2 Å². The molecule has 5 heteroatoms. The first-order valence-corrected chi connectivity index (χ1v) is 5.36. The summed E-state index contributed by atoms with van der Waals surface area (Å²) in [5.41, 5.74) is 0.490. The van der Waals surface area contributed by atoms with E-state index < -0.39 is 12.2 Å². The maximum Gasteiger partial charge on any atom is 0.106 e. The smallest absolute Gasteiger partial charge is 0.106 e. The summed E-state index contributed by atoms with van der Waals surface area (Å²) in [4.78, 5) is 0. The van der Waals surface area contributed by atoms with Crippen LogP contribution in [0.3, 0.4) is 0 Å². The molecule has 0 fully saturated rings. The predicted octanol–water partition coefficient (Wildman–Crippen LogP) is 2.32. The summed E-state index contributed by atoms with van der Waals surface area (Å²) < 4.78 is 0. The third kappa shape index (κ3) is 3.04. The molecule has 0 amide bonds. The van der Waals surface area contributed by atoms with Crippen LogP contribution in [-0.4, -0.2) is 22.1 Å². The standard InChI is InChI=1S/C9H10Cl2O2S/c10-6-1-5(2-7(11)3-6)9(13)8(12)4-14/h1-3,8-9,12-14H,4H2.